The molecule has 1 aromatic rings. The second-order valence-corrected chi connectivity index (χ2v) is 4.70. The topological polar surface area (TPSA) is 70.1 Å². The van der Waals surface area contributed by atoms with Gasteiger partial charge in [0.2, 0.25) is 5.91 Å². The van der Waals surface area contributed by atoms with E-state index in [1.165, 1.54) is 4.90 Å². The van der Waals surface area contributed by atoms with Crippen molar-refractivity contribution in [1.82, 2.24) is 4.90 Å². The van der Waals surface area contributed by atoms with Crippen LogP contribution in [0.5, 0.6) is 0 Å². The predicted octanol–water partition coefficient (Wildman–Crippen LogP) is 0.812. The molecule has 6 heteroatoms. The third kappa shape index (κ3) is 5.27. The number of carboxylic acids is 1. The Balaban J connectivity index is 2.46. The minimum atomic E-state index is -1.08. The van der Waals surface area contributed by atoms with Crippen molar-refractivity contribution in [1.29, 1.82) is 0 Å². The first-order chi connectivity index (χ1) is 9.40. The summed E-state index contributed by atoms with van der Waals surface area (Å²) >= 11 is 0. The summed E-state index contributed by atoms with van der Waals surface area (Å²) in [6.07, 6.45) is 0. The number of nitrogens with zero attached hydrogens (tertiary/aromatic N) is 2. The fourth-order valence-electron chi connectivity index (χ4n) is 1.60. The normalized spacial score (nSPS) is 10.2. The Kier molecular flexibility index (Phi) is 5.99. The van der Waals surface area contributed by atoms with Crippen molar-refractivity contribution < 1.29 is 19.4 Å². The molecule has 0 radical (unpaired) electrons. The van der Waals surface area contributed by atoms with Crippen LogP contribution in [0.1, 0.15) is 5.56 Å². The fourth-order valence-corrected chi connectivity index (χ4v) is 1.60. The molecule has 0 unspecified atom stereocenters. The van der Waals surface area contributed by atoms with Crippen LogP contribution in [0.15, 0.2) is 24.3 Å². The first-order valence-corrected chi connectivity index (χ1v) is 6.20. The first-order valence-electron chi connectivity index (χ1n) is 6.20. The van der Waals surface area contributed by atoms with E-state index in [0.29, 0.717) is 6.54 Å². The molecule has 0 aliphatic carbocycles. The van der Waals surface area contributed by atoms with Gasteiger partial charge in [-0.15, -0.1) is 0 Å². The van der Waals surface area contributed by atoms with Crippen LogP contribution in [0, 0.1) is 0 Å². The van der Waals surface area contributed by atoms with Gasteiger partial charge in [0.05, 0.1) is 0 Å². The molecule has 0 saturated carbocycles. The molecule has 1 aromatic carbocycles. The third-order valence-electron chi connectivity index (χ3n) is 2.75. The maximum absolute atomic E-state index is 11.7. The largest absolute Gasteiger partial charge is 0.480 e. The minimum Gasteiger partial charge on any atom is -0.480 e. The number of benzene rings is 1. The molecule has 20 heavy (non-hydrogen) atoms. The molecule has 0 spiro atoms. The highest BCUT2D eigenvalue weighted by Gasteiger charge is 2.10. The van der Waals surface area contributed by atoms with Gasteiger partial charge < -0.3 is 19.6 Å². The van der Waals surface area contributed by atoms with E-state index in [2.05, 4.69) is 0 Å². The summed E-state index contributed by atoms with van der Waals surface area (Å²) in [7, 11) is 5.58. The average Bonchev–Trinajstić information content (AvgIpc) is 2.38. The van der Waals surface area contributed by atoms with Crippen LogP contribution >= 0.6 is 0 Å². The van der Waals surface area contributed by atoms with Crippen molar-refractivity contribution in [2.24, 2.45) is 0 Å². The van der Waals surface area contributed by atoms with Gasteiger partial charge in [-0.1, -0.05) is 12.1 Å². The van der Waals surface area contributed by atoms with E-state index in [9.17, 15) is 9.59 Å². The van der Waals surface area contributed by atoms with Gasteiger partial charge in [0, 0.05) is 33.4 Å². The van der Waals surface area contributed by atoms with Crippen molar-refractivity contribution in [3.63, 3.8) is 0 Å². The summed E-state index contributed by atoms with van der Waals surface area (Å²) in [6.45, 7) is -0.224. The number of carboxylic acid groups (broad SMARTS) is 1. The van der Waals surface area contributed by atoms with E-state index < -0.39 is 12.6 Å². The van der Waals surface area contributed by atoms with Crippen LogP contribution < -0.4 is 4.90 Å². The van der Waals surface area contributed by atoms with Crippen LogP contribution in [0.2, 0.25) is 0 Å². The molecule has 0 heterocycles. The Morgan fingerprint density at radius 3 is 2.20 bits per heavy atom. The molecule has 110 valence electrons. The number of carbonyl (C=O) groups excluding carboxylic acids is 1. The van der Waals surface area contributed by atoms with E-state index in [1.807, 2.05) is 43.3 Å². The fraction of sp³-hybridized carbons (Fsp3) is 0.429. The predicted molar refractivity (Wildman–Crippen MR) is 75.7 cm³/mol. The van der Waals surface area contributed by atoms with Gasteiger partial charge in [-0.2, -0.15) is 0 Å². The zero-order valence-corrected chi connectivity index (χ0v) is 12.0. The smallest absolute Gasteiger partial charge is 0.329 e. The Hall–Kier alpha value is -2.08. The Morgan fingerprint density at radius 1 is 1.10 bits per heavy atom. The summed E-state index contributed by atoms with van der Waals surface area (Å²) in [5, 5.41) is 8.42. The summed E-state index contributed by atoms with van der Waals surface area (Å²) in [6, 6.07) is 7.87. The highest BCUT2D eigenvalue weighted by Crippen LogP contribution is 2.13. The molecule has 0 saturated heterocycles. The minimum absolute atomic E-state index is 0.224. The number of anilines is 1. The molecular weight excluding hydrogens is 260 g/mol. The van der Waals surface area contributed by atoms with E-state index in [-0.39, 0.29) is 12.5 Å². The lowest BCUT2D eigenvalue weighted by Gasteiger charge is -2.18. The number of ether oxygens (including phenoxy) is 1. The van der Waals surface area contributed by atoms with Crippen molar-refractivity contribution >= 4 is 17.6 Å². The molecule has 1 rings (SSSR count). The number of rotatable bonds is 7. The van der Waals surface area contributed by atoms with Gasteiger partial charge in [0.25, 0.3) is 0 Å². The summed E-state index contributed by atoms with van der Waals surface area (Å²) < 4.78 is 4.77. The third-order valence-corrected chi connectivity index (χ3v) is 2.75. The van der Waals surface area contributed by atoms with Crippen molar-refractivity contribution in [2.45, 2.75) is 6.54 Å². The second-order valence-electron chi connectivity index (χ2n) is 4.70. The monoisotopic (exact) mass is 280 g/mol. The van der Waals surface area contributed by atoms with E-state index in [1.54, 1.807) is 7.05 Å². The van der Waals surface area contributed by atoms with Crippen molar-refractivity contribution in [2.75, 3.05) is 39.3 Å². The average molecular weight is 280 g/mol. The summed E-state index contributed by atoms with van der Waals surface area (Å²) in [4.78, 5) is 25.5. The maximum atomic E-state index is 11.7. The van der Waals surface area contributed by atoms with Crippen molar-refractivity contribution in [3.05, 3.63) is 29.8 Å². The molecule has 0 bridgehead atoms. The molecule has 0 fully saturated rings. The van der Waals surface area contributed by atoms with Crippen LogP contribution in [0.3, 0.4) is 0 Å². The van der Waals surface area contributed by atoms with E-state index >= 15 is 0 Å². The molecule has 6 nitrogen and oxygen atoms in total. The Labute approximate surface area is 118 Å². The van der Waals surface area contributed by atoms with Gasteiger partial charge in [-0.25, -0.2) is 4.79 Å². The van der Waals surface area contributed by atoms with Gasteiger partial charge in [0.15, 0.2) is 0 Å². The first kappa shape index (κ1) is 16.0. The zero-order chi connectivity index (χ0) is 15.1. The standard InChI is InChI=1S/C14H20N2O4/c1-15(2)12-6-4-11(5-7-12)8-16(3)13(17)9-20-10-14(18)19/h4-7H,8-10H2,1-3H3,(H,18,19). The molecule has 0 aliphatic heterocycles. The summed E-state index contributed by atoms with van der Waals surface area (Å²) in [5.74, 6) is -1.33. The molecule has 0 aliphatic rings. The van der Waals surface area contributed by atoms with Crippen LogP contribution in [0.4, 0.5) is 5.69 Å². The van der Waals surface area contributed by atoms with Gasteiger partial charge in [0.1, 0.15) is 13.2 Å². The second kappa shape index (κ2) is 7.49. The Morgan fingerprint density at radius 2 is 1.70 bits per heavy atom. The summed E-state index contributed by atoms with van der Waals surface area (Å²) in [5.41, 5.74) is 2.09. The van der Waals surface area contributed by atoms with Crippen LogP contribution in [-0.2, 0) is 20.9 Å². The van der Waals surface area contributed by atoms with Gasteiger partial charge >= 0.3 is 5.97 Å². The highest BCUT2D eigenvalue weighted by molar-refractivity contribution is 5.77. The van der Waals surface area contributed by atoms with E-state index in [0.717, 1.165) is 11.3 Å². The maximum Gasteiger partial charge on any atom is 0.329 e. The lowest BCUT2D eigenvalue weighted by molar-refractivity contribution is -0.145. The highest BCUT2D eigenvalue weighted by atomic mass is 16.5. The van der Waals surface area contributed by atoms with Crippen molar-refractivity contribution in [3.8, 4) is 0 Å². The van der Waals surface area contributed by atoms with Gasteiger partial charge in [-0.3, -0.25) is 4.79 Å². The number of aliphatic carboxylic acids is 1. The number of hydrogen-bond acceptors (Lipinski definition) is 4. The quantitative estimate of drug-likeness (QED) is 0.800. The molecular formula is C14H20N2O4. The zero-order valence-electron chi connectivity index (χ0n) is 12.0. The van der Waals surface area contributed by atoms with Crippen LogP contribution in [0.25, 0.3) is 0 Å². The molecule has 1 N–H and O–H groups in total. The Bertz CT molecular complexity index is 457. The molecule has 0 atom stereocenters. The lowest BCUT2D eigenvalue weighted by atomic mass is 10.2. The van der Waals surface area contributed by atoms with Gasteiger partial charge in [-0.05, 0) is 17.7 Å². The van der Waals surface area contributed by atoms with E-state index in [4.69, 9.17) is 9.84 Å². The number of hydrogen-bond donors (Lipinski definition) is 1. The molecule has 1 amide bonds. The SMILES string of the molecule is CN(Cc1ccc(N(C)C)cc1)C(=O)COCC(=O)O. The molecule has 0 aromatic heterocycles. The lowest BCUT2D eigenvalue weighted by Crippen LogP contribution is -2.30. The van der Waals surface area contributed by atoms with Crippen LogP contribution in [-0.4, -0.2) is 56.2 Å². The number of carbonyl (C=O) groups is 2. The number of likely N-dealkylation sites (N-methyl/N-ethyl adjacent to an activating group) is 1. The number of amides is 1.